The predicted octanol–water partition coefficient (Wildman–Crippen LogP) is 2.90. The van der Waals surface area contributed by atoms with Gasteiger partial charge in [-0.05, 0) is 18.2 Å². The topological polar surface area (TPSA) is 101 Å². The Morgan fingerprint density at radius 3 is 2.68 bits per heavy atom. The quantitative estimate of drug-likeness (QED) is 0.436. The molecule has 2 N–H and O–H groups in total. The van der Waals surface area contributed by atoms with E-state index in [2.05, 4.69) is 25.5 Å². The summed E-state index contributed by atoms with van der Waals surface area (Å²) in [6, 6.07) is 10.9. The minimum atomic E-state index is -0.748. The lowest BCUT2D eigenvalue weighted by Crippen LogP contribution is -2.22. The molecule has 7 nitrogen and oxygen atoms in total. The largest absolute Gasteiger partial charge is 0.360 e. The van der Waals surface area contributed by atoms with Gasteiger partial charge in [0.1, 0.15) is 5.01 Å². The Morgan fingerprint density at radius 1 is 1.04 bits per heavy atom. The van der Waals surface area contributed by atoms with E-state index in [0.717, 1.165) is 11.1 Å². The molecular formula is C17H11N5O2S. The van der Waals surface area contributed by atoms with Gasteiger partial charge in [-0.15, -0.1) is 10.2 Å². The Bertz CT molecular complexity index is 1070. The van der Waals surface area contributed by atoms with Crippen LogP contribution in [0.25, 0.3) is 21.5 Å². The van der Waals surface area contributed by atoms with Crippen LogP contribution in [0.5, 0.6) is 0 Å². The Hall–Kier alpha value is -3.39. The molecule has 0 aliphatic heterocycles. The maximum absolute atomic E-state index is 12.4. The number of nitrogens with one attached hydrogen (secondary N) is 2. The molecule has 3 heterocycles. The number of rotatable bonds is 4. The van der Waals surface area contributed by atoms with Gasteiger partial charge in [0, 0.05) is 35.1 Å². The molecule has 0 atom stereocenters. The highest BCUT2D eigenvalue weighted by molar-refractivity contribution is 7.18. The summed E-state index contributed by atoms with van der Waals surface area (Å²) in [7, 11) is 0. The number of benzene rings is 1. The molecule has 3 aromatic heterocycles. The summed E-state index contributed by atoms with van der Waals surface area (Å²) in [5, 5.41) is 12.1. The maximum Gasteiger partial charge on any atom is 0.298 e. The van der Waals surface area contributed by atoms with Crippen LogP contribution in [0.2, 0.25) is 0 Å². The van der Waals surface area contributed by atoms with E-state index < -0.39 is 11.7 Å². The second kappa shape index (κ2) is 6.25. The van der Waals surface area contributed by atoms with Gasteiger partial charge >= 0.3 is 0 Å². The van der Waals surface area contributed by atoms with Crippen LogP contribution < -0.4 is 5.32 Å². The van der Waals surface area contributed by atoms with Gasteiger partial charge in [-0.3, -0.25) is 19.9 Å². The van der Waals surface area contributed by atoms with Gasteiger partial charge < -0.3 is 4.98 Å². The molecule has 1 aromatic carbocycles. The summed E-state index contributed by atoms with van der Waals surface area (Å²) < 4.78 is 0. The Kier molecular flexibility index (Phi) is 3.79. The number of H-pyrrole nitrogens is 1. The van der Waals surface area contributed by atoms with E-state index in [1.165, 1.54) is 17.5 Å². The number of ketones is 1. The number of amides is 1. The van der Waals surface area contributed by atoms with Crippen LogP contribution in [0.15, 0.2) is 55.0 Å². The van der Waals surface area contributed by atoms with E-state index in [0.29, 0.717) is 16.0 Å². The number of hydrogen-bond donors (Lipinski definition) is 2. The molecule has 4 aromatic rings. The number of fused-ring (bicyclic) bond motifs is 1. The van der Waals surface area contributed by atoms with Crippen molar-refractivity contribution in [2.45, 2.75) is 0 Å². The number of anilines is 1. The smallest absolute Gasteiger partial charge is 0.298 e. The summed E-state index contributed by atoms with van der Waals surface area (Å²) >= 11 is 1.19. The summed E-state index contributed by atoms with van der Waals surface area (Å²) in [5.41, 5.74) is 1.97. The van der Waals surface area contributed by atoms with Gasteiger partial charge in [0.15, 0.2) is 0 Å². The second-order valence-electron chi connectivity index (χ2n) is 5.18. The van der Waals surface area contributed by atoms with Crippen LogP contribution in [-0.4, -0.2) is 31.9 Å². The standard InChI is InChI=1S/C17H11N5O2S/c23-14(12-9-19-13-4-2-1-3-11(12)13)15(24)20-17-22-21-16(25-17)10-5-7-18-8-6-10/h1-9,19H,(H,20,22,24). The first-order valence-corrected chi connectivity index (χ1v) is 8.20. The van der Waals surface area contributed by atoms with E-state index in [9.17, 15) is 9.59 Å². The van der Waals surface area contributed by atoms with Gasteiger partial charge in [0.05, 0.1) is 5.56 Å². The van der Waals surface area contributed by atoms with Crippen molar-refractivity contribution in [3.8, 4) is 10.6 Å². The van der Waals surface area contributed by atoms with Crippen molar-refractivity contribution < 1.29 is 9.59 Å². The Balaban J connectivity index is 1.54. The third-order valence-electron chi connectivity index (χ3n) is 3.61. The molecular weight excluding hydrogens is 338 g/mol. The monoisotopic (exact) mass is 349 g/mol. The number of para-hydroxylation sites is 1. The fraction of sp³-hybridized carbons (Fsp3) is 0. The first kappa shape index (κ1) is 15.2. The number of Topliss-reactive ketones (excluding diaryl/α,β-unsaturated/α-hetero) is 1. The minimum Gasteiger partial charge on any atom is -0.360 e. The zero-order valence-corrected chi connectivity index (χ0v) is 13.6. The van der Waals surface area contributed by atoms with Crippen LogP contribution in [0.4, 0.5) is 5.13 Å². The number of aromatic nitrogens is 4. The molecule has 25 heavy (non-hydrogen) atoms. The summed E-state index contributed by atoms with van der Waals surface area (Å²) in [4.78, 5) is 31.6. The lowest BCUT2D eigenvalue weighted by atomic mass is 10.1. The van der Waals surface area contributed by atoms with Crippen LogP contribution in [0, 0.1) is 0 Å². The van der Waals surface area contributed by atoms with E-state index in [1.54, 1.807) is 30.6 Å². The number of hydrogen-bond acceptors (Lipinski definition) is 6. The van der Waals surface area contributed by atoms with Crippen molar-refractivity contribution >= 4 is 39.1 Å². The first-order valence-electron chi connectivity index (χ1n) is 7.38. The third-order valence-corrected chi connectivity index (χ3v) is 4.50. The summed E-state index contributed by atoms with van der Waals surface area (Å²) in [6.07, 6.45) is 4.83. The summed E-state index contributed by atoms with van der Waals surface area (Å²) in [5.74, 6) is -1.37. The van der Waals surface area contributed by atoms with Gasteiger partial charge in [-0.2, -0.15) is 0 Å². The number of carbonyl (C=O) groups is 2. The molecule has 8 heteroatoms. The molecule has 0 aliphatic rings. The molecule has 1 amide bonds. The van der Waals surface area contributed by atoms with Crippen LogP contribution in [0.1, 0.15) is 10.4 Å². The molecule has 0 saturated heterocycles. The lowest BCUT2D eigenvalue weighted by molar-refractivity contribution is -0.112. The molecule has 0 unspecified atom stereocenters. The molecule has 0 fully saturated rings. The van der Waals surface area contributed by atoms with Crippen molar-refractivity contribution in [3.05, 3.63) is 60.6 Å². The van der Waals surface area contributed by atoms with Crippen molar-refractivity contribution in [1.82, 2.24) is 20.2 Å². The number of aromatic amines is 1. The van der Waals surface area contributed by atoms with Crippen molar-refractivity contribution in [1.29, 1.82) is 0 Å². The Labute approximate surface area is 145 Å². The maximum atomic E-state index is 12.4. The average Bonchev–Trinajstić information content (AvgIpc) is 3.29. The SMILES string of the molecule is O=C(Nc1nnc(-c2ccncc2)s1)C(=O)c1c[nH]c2ccccc12. The molecule has 4 rings (SSSR count). The fourth-order valence-electron chi connectivity index (χ4n) is 2.42. The first-order chi connectivity index (χ1) is 12.2. The van der Waals surface area contributed by atoms with Crippen molar-refractivity contribution in [2.24, 2.45) is 0 Å². The highest BCUT2D eigenvalue weighted by Gasteiger charge is 2.21. The van der Waals surface area contributed by atoms with Crippen molar-refractivity contribution in [3.63, 3.8) is 0 Å². The lowest BCUT2D eigenvalue weighted by Gasteiger charge is -1.99. The van der Waals surface area contributed by atoms with Crippen LogP contribution >= 0.6 is 11.3 Å². The van der Waals surface area contributed by atoms with Gasteiger partial charge in [-0.25, -0.2) is 0 Å². The second-order valence-corrected chi connectivity index (χ2v) is 6.16. The number of carbonyl (C=O) groups excluding carboxylic acids is 2. The van der Waals surface area contributed by atoms with E-state index in [1.807, 2.05) is 18.2 Å². The zero-order chi connectivity index (χ0) is 17.2. The van der Waals surface area contributed by atoms with Gasteiger partial charge in [0.25, 0.3) is 11.7 Å². The van der Waals surface area contributed by atoms with Gasteiger partial charge in [-0.1, -0.05) is 29.5 Å². The molecule has 0 aliphatic carbocycles. The summed E-state index contributed by atoms with van der Waals surface area (Å²) in [6.45, 7) is 0. The van der Waals surface area contributed by atoms with E-state index in [-0.39, 0.29) is 5.13 Å². The molecule has 0 saturated carbocycles. The molecule has 0 spiro atoms. The van der Waals surface area contributed by atoms with Crippen LogP contribution in [-0.2, 0) is 4.79 Å². The van der Waals surface area contributed by atoms with E-state index in [4.69, 9.17) is 0 Å². The van der Waals surface area contributed by atoms with Crippen LogP contribution in [0.3, 0.4) is 0 Å². The molecule has 0 radical (unpaired) electrons. The zero-order valence-electron chi connectivity index (χ0n) is 12.8. The fourth-order valence-corrected chi connectivity index (χ4v) is 3.16. The number of nitrogens with zero attached hydrogens (tertiary/aromatic N) is 3. The highest BCUT2D eigenvalue weighted by Crippen LogP contribution is 2.26. The Morgan fingerprint density at radius 2 is 1.84 bits per heavy atom. The third kappa shape index (κ3) is 2.90. The number of pyridine rings is 1. The predicted molar refractivity (Wildman–Crippen MR) is 94.4 cm³/mol. The minimum absolute atomic E-state index is 0.269. The average molecular weight is 349 g/mol. The van der Waals surface area contributed by atoms with Crippen molar-refractivity contribution in [2.75, 3.05) is 5.32 Å². The normalized spacial score (nSPS) is 10.7. The highest BCUT2D eigenvalue weighted by atomic mass is 32.1. The van der Waals surface area contributed by atoms with Gasteiger partial charge in [0.2, 0.25) is 5.13 Å². The van der Waals surface area contributed by atoms with E-state index >= 15 is 0 Å². The molecule has 0 bridgehead atoms. The molecule has 122 valence electrons.